The van der Waals surface area contributed by atoms with E-state index in [-0.39, 0.29) is 10.7 Å². The Kier molecular flexibility index (Phi) is 7.75. The first-order valence-electron chi connectivity index (χ1n) is 8.74. The topological polar surface area (TPSA) is 82.6 Å². The van der Waals surface area contributed by atoms with Gasteiger partial charge in [0.05, 0.1) is 11.4 Å². The van der Waals surface area contributed by atoms with Crippen molar-refractivity contribution in [2.24, 2.45) is 4.99 Å². The van der Waals surface area contributed by atoms with Gasteiger partial charge < -0.3 is 10.6 Å². The average Bonchev–Trinajstić information content (AvgIpc) is 2.68. The lowest BCUT2D eigenvalue weighted by molar-refractivity contribution is 0.588. The number of hydrogen-bond acceptors (Lipinski definition) is 3. The first-order chi connectivity index (χ1) is 13.0. The molecule has 0 aliphatic heterocycles. The summed E-state index contributed by atoms with van der Waals surface area (Å²) in [6.07, 6.45) is 0.535. The second-order valence-corrected chi connectivity index (χ2v) is 7.70. The average molecular weight is 393 g/mol. The van der Waals surface area contributed by atoms with Crippen LogP contribution >= 0.6 is 0 Å². The molecule has 2 aromatic rings. The highest BCUT2D eigenvalue weighted by molar-refractivity contribution is 7.89. The molecule has 0 aromatic heterocycles. The molecule has 0 saturated carbocycles. The Bertz CT molecular complexity index is 885. The number of nitrogens with one attached hydrogen (secondary N) is 3. The Hall–Kier alpha value is -2.45. The van der Waals surface area contributed by atoms with Crippen LogP contribution in [-0.2, 0) is 23.0 Å². The molecule has 2 rings (SSSR count). The first-order valence-corrected chi connectivity index (χ1v) is 10.2. The second-order valence-electron chi connectivity index (χ2n) is 5.82. The number of halogens is 1. The minimum atomic E-state index is -3.48. The van der Waals surface area contributed by atoms with Crippen LogP contribution in [0.4, 0.5) is 4.39 Å². The Balaban J connectivity index is 2.01. The van der Waals surface area contributed by atoms with Gasteiger partial charge in [0, 0.05) is 13.1 Å². The molecule has 0 radical (unpaired) electrons. The van der Waals surface area contributed by atoms with Gasteiger partial charge in [-0.1, -0.05) is 30.3 Å². The maximum absolute atomic E-state index is 13.7. The summed E-state index contributed by atoms with van der Waals surface area (Å²) in [6.45, 7) is 3.48. The van der Waals surface area contributed by atoms with Gasteiger partial charge in [0.25, 0.3) is 0 Å². The highest BCUT2D eigenvalue weighted by Crippen LogP contribution is 2.12. The summed E-state index contributed by atoms with van der Waals surface area (Å²) in [5, 5.41) is 6.29. The molecule has 6 nitrogen and oxygen atoms in total. The van der Waals surface area contributed by atoms with E-state index in [2.05, 4.69) is 20.3 Å². The van der Waals surface area contributed by atoms with Crippen molar-refractivity contribution in [3.63, 3.8) is 0 Å². The zero-order chi connectivity index (χ0) is 19.7. The van der Waals surface area contributed by atoms with Gasteiger partial charge in [-0.05, 0) is 49.7 Å². The predicted molar refractivity (Wildman–Crippen MR) is 106 cm³/mol. The fraction of sp³-hybridized carbons (Fsp3) is 0.316. The van der Waals surface area contributed by atoms with Gasteiger partial charge in [-0.2, -0.15) is 0 Å². The molecule has 2 aromatic carbocycles. The van der Waals surface area contributed by atoms with Crippen molar-refractivity contribution in [2.75, 3.05) is 20.1 Å². The minimum Gasteiger partial charge on any atom is -0.357 e. The Morgan fingerprint density at radius 3 is 2.59 bits per heavy atom. The molecule has 0 spiro atoms. The zero-order valence-electron chi connectivity index (χ0n) is 15.5. The van der Waals surface area contributed by atoms with Crippen LogP contribution in [0.3, 0.4) is 0 Å². The second kappa shape index (κ2) is 10.0. The number of hydrogen-bond donors (Lipinski definition) is 3. The van der Waals surface area contributed by atoms with Crippen molar-refractivity contribution in [1.29, 1.82) is 0 Å². The van der Waals surface area contributed by atoms with Crippen LogP contribution in [0.1, 0.15) is 18.1 Å². The maximum atomic E-state index is 13.7. The van der Waals surface area contributed by atoms with E-state index < -0.39 is 10.0 Å². The van der Waals surface area contributed by atoms with Crippen molar-refractivity contribution in [2.45, 2.75) is 24.8 Å². The Morgan fingerprint density at radius 2 is 1.89 bits per heavy atom. The van der Waals surface area contributed by atoms with Crippen molar-refractivity contribution in [3.8, 4) is 0 Å². The number of benzene rings is 2. The number of sulfonamides is 1. The number of nitrogens with zero attached hydrogens (tertiary/aromatic N) is 1. The normalized spacial score (nSPS) is 12.0. The van der Waals surface area contributed by atoms with Crippen LogP contribution in [0, 0.1) is 5.82 Å². The quantitative estimate of drug-likeness (QED) is 0.474. The molecule has 0 atom stereocenters. The molecule has 146 valence electrons. The molecule has 0 aliphatic rings. The molecule has 27 heavy (non-hydrogen) atoms. The van der Waals surface area contributed by atoms with Crippen LogP contribution in [-0.4, -0.2) is 34.5 Å². The summed E-state index contributed by atoms with van der Waals surface area (Å²) in [5.74, 6) is 0.375. The van der Waals surface area contributed by atoms with Crippen LogP contribution in [0.25, 0.3) is 0 Å². The summed E-state index contributed by atoms with van der Waals surface area (Å²) in [4.78, 5) is 4.68. The fourth-order valence-corrected chi connectivity index (χ4v) is 3.26. The van der Waals surface area contributed by atoms with Crippen LogP contribution in [0.5, 0.6) is 0 Å². The smallest absolute Gasteiger partial charge is 0.240 e. The lowest BCUT2D eigenvalue weighted by Gasteiger charge is -2.12. The monoisotopic (exact) mass is 392 g/mol. The molecule has 0 heterocycles. The summed E-state index contributed by atoms with van der Waals surface area (Å²) in [6, 6.07) is 13.3. The summed E-state index contributed by atoms with van der Waals surface area (Å²) < 4.78 is 39.8. The predicted octanol–water partition coefficient (Wildman–Crippen LogP) is 2.03. The first kappa shape index (κ1) is 20.9. The van der Waals surface area contributed by atoms with E-state index in [0.717, 1.165) is 5.56 Å². The van der Waals surface area contributed by atoms with Crippen LogP contribution in [0.15, 0.2) is 58.4 Å². The van der Waals surface area contributed by atoms with Crippen molar-refractivity contribution < 1.29 is 12.8 Å². The highest BCUT2D eigenvalue weighted by atomic mass is 32.2. The summed E-state index contributed by atoms with van der Waals surface area (Å²) >= 11 is 0. The molecule has 8 heteroatoms. The molecule has 0 bridgehead atoms. The zero-order valence-corrected chi connectivity index (χ0v) is 16.3. The van der Waals surface area contributed by atoms with Crippen LogP contribution < -0.4 is 15.4 Å². The van der Waals surface area contributed by atoms with Crippen molar-refractivity contribution in [3.05, 3.63) is 65.5 Å². The van der Waals surface area contributed by atoms with Gasteiger partial charge in [0.15, 0.2) is 5.96 Å². The third kappa shape index (κ3) is 6.33. The number of guanidine groups is 1. The van der Waals surface area contributed by atoms with E-state index in [9.17, 15) is 12.8 Å². The maximum Gasteiger partial charge on any atom is 0.240 e. The van der Waals surface area contributed by atoms with Gasteiger partial charge in [0.2, 0.25) is 10.0 Å². The molecule has 0 fully saturated rings. The SMILES string of the molecule is CCNC(=NCc1cccc(S(=O)(=O)NC)c1)NCCc1ccccc1F. The molecule has 0 aliphatic carbocycles. The fourth-order valence-electron chi connectivity index (χ4n) is 2.46. The van der Waals surface area contributed by atoms with E-state index in [1.807, 2.05) is 19.1 Å². The van der Waals surface area contributed by atoms with Gasteiger partial charge in [-0.3, -0.25) is 0 Å². The standard InChI is InChI=1S/C19H25FN4O2S/c1-3-22-19(23-12-11-16-8-4-5-10-18(16)20)24-14-15-7-6-9-17(13-15)27(25,26)21-2/h4-10,13,21H,3,11-12,14H2,1-2H3,(H2,22,23,24). The van der Waals surface area contributed by atoms with E-state index in [0.29, 0.717) is 37.6 Å². The lowest BCUT2D eigenvalue weighted by Crippen LogP contribution is -2.38. The molecule has 0 amide bonds. The number of rotatable bonds is 8. The highest BCUT2D eigenvalue weighted by Gasteiger charge is 2.11. The van der Waals surface area contributed by atoms with Crippen LogP contribution in [0.2, 0.25) is 0 Å². The third-order valence-corrected chi connectivity index (χ3v) is 5.30. The van der Waals surface area contributed by atoms with E-state index in [1.54, 1.807) is 24.3 Å². The largest absolute Gasteiger partial charge is 0.357 e. The summed E-state index contributed by atoms with van der Waals surface area (Å²) in [7, 11) is -2.11. The Morgan fingerprint density at radius 1 is 1.11 bits per heavy atom. The minimum absolute atomic E-state index is 0.204. The molecule has 0 unspecified atom stereocenters. The number of aliphatic imine (C=N–C) groups is 1. The van der Waals surface area contributed by atoms with Gasteiger partial charge in [-0.15, -0.1) is 0 Å². The van der Waals surface area contributed by atoms with Crippen molar-refractivity contribution >= 4 is 16.0 Å². The summed E-state index contributed by atoms with van der Waals surface area (Å²) in [5.41, 5.74) is 1.42. The third-order valence-electron chi connectivity index (χ3n) is 3.89. The lowest BCUT2D eigenvalue weighted by atomic mass is 10.1. The van der Waals surface area contributed by atoms with E-state index >= 15 is 0 Å². The van der Waals surface area contributed by atoms with Gasteiger partial charge in [0.1, 0.15) is 5.82 Å². The van der Waals surface area contributed by atoms with Crippen molar-refractivity contribution in [1.82, 2.24) is 15.4 Å². The molecule has 3 N–H and O–H groups in total. The van der Waals surface area contributed by atoms with Gasteiger partial charge in [-0.25, -0.2) is 22.5 Å². The van der Waals surface area contributed by atoms with Gasteiger partial charge >= 0.3 is 0 Å². The Labute approximate surface area is 160 Å². The molecule has 0 saturated heterocycles. The van der Waals surface area contributed by atoms with E-state index in [4.69, 9.17) is 0 Å². The molecular formula is C19H25FN4O2S. The van der Waals surface area contributed by atoms with E-state index in [1.165, 1.54) is 19.2 Å². The molecular weight excluding hydrogens is 367 g/mol.